The molecule has 0 bridgehead atoms. The van der Waals surface area contributed by atoms with E-state index in [4.69, 9.17) is 0 Å². The third-order valence-corrected chi connectivity index (χ3v) is 4.45. The molecule has 2 aromatic heterocycles. The number of hydrogen-bond acceptors (Lipinski definition) is 5. The van der Waals surface area contributed by atoms with Crippen LogP contribution in [0.3, 0.4) is 0 Å². The second kappa shape index (κ2) is 5.70. The standard InChI is InChI=1S/C13H17N5OS/c1-2-10-12(20-17-16-10)13(19)15-7-9-3-4-11-14-5-6-18(11)8-9/h5-6,9H,2-4,7-8H2,1H3,(H,15,19). The van der Waals surface area contributed by atoms with E-state index in [9.17, 15) is 4.79 Å². The Balaban J connectivity index is 1.57. The zero-order valence-electron chi connectivity index (χ0n) is 11.4. The third-order valence-electron chi connectivity index (χ3n) is 3.68. The first kappa shape index (κ1) is 13.2. The molecule has 0 spiro atoms. The Morgan fingerprint density at radius 3 is 3.35 bits per heavy atom. The van der Waals surface area contributed by atoms with Crippen LogP contribution in [0.15, 0.2) is 12.4 Å². The Kier molecular flexibility index (Phi) is 3.77. The number of carbonyl (C=O) groups excluding carboxylic acids is 1. The predicted octanol–water partition coefficient (Wildman–Crippen LogP) is 1.29. The van der Waals surface area contributed by atoms with Crippen molar-refractivity contribution in [3.05, 3.63) is 28.8 Å². The van der Waals surface area contributed by atoms with Crippen LogP contribution in [-0.4, -0.2) is 31.6 Å². The number of amides is 1. The number of nitrogens with zero attached hydrogens (tertiary/aromatic N) is 4. The molecule has 3 rings (SSSR count). The first-order chi connectivity index (χ1) is 9.78. The fourth-order valence-corrected chi connectivity index (χ4v) is 3.20. The van der Waals surface area contributed by atoms with Gasteiger partial charge in [0, 0.05) is 31.9 Å². The summed E-state index contributed by atoms with van der Waals surface area (Å²) in [5.41, 5.74) is 0.785. The van der Waals surface area contributed by atoms with Crippen molar-refractivity contribution in [2.24, 2.45) is 5.92 Å². The first-order valence-corrected chi connectivity index (χ1v) is 7.64. The molecule has 1 N–H and O–H groups in total. The molecule has 3 heterocycles. The summed E-state index contributed by atoms with van der Waals surface area (Å²) in [6.45, 7) is 3.60. The summed E-state index contributed by atoms with van der Waals surface area (Å²) in [5, 5.41) is 6.98. The van der Waals surface area contributed by atoms with E-state index in [0.29, 0.717) is 17.3 Å². The van der Waals surface area contributed by atoms with Gasteiger partial charge < -0.3 is 9.88 Å². The number of hydrogen-bond donors (Lipinski definition) is 1. The number of rotatable bonds is 4. The minimum absolute atomic E-state index is 0.0479. The van der Waals surface area contributed by atoms with Crippen LogP contribution in [0.5, 0.6) is 0 Å². The van der Waals surface area contributed by atoms with E-state index >= 15 is 0 Å². The highest BCUT2D eigenvalue weighted by atomic mass is 32.1. The monoisotopic (exact) mass is 291 g/mol. The number of aryl methyl sites for hydroxylation is 2. The van der Waals surface area contributed by atoms with Crippen LogP contribution < -0.4 is 5.32 Å². The number of nitrogens with one attached hydrogen (secondary N) is 1. The lowest BCUT2D eigenvalue weighted by Crippen LogP contribution is -2.33. The lowest BCUT2D eigenvalue weighted by atomic mass is 9.99. The molecular weight excluding hydrogens is 274 g/mol. The van der Waals surface area contributed by atoms with E-state index in [0.717, 1.165) is 37.3 Å². The van der Waals surface area contributed by atoms with Crippen molar-refractivity contribution in [3.8, 4) is 0 Å². The van der Waals surface area contributed by atoms with Crippen molar-refractivity contribution in [2.45, 2.75) is 32.7 Å². The van der Waals surface area contributed by atoms with E-state index in [1.165, 1.54) is 11.5 Å². The van der Waals surface area contributed by atoms with Gasteiger partial charge in [-0.1, -0.05) is 11.4 Å². The Morgan fingerprint density at radius 2 is 2.50 bits per heavy atom. The summed E-state index contributed by atoms with van der Waals surface area (Å²) in [6, 6.07) is 0. The van der Waals surface area contributed by atoms with Gasteiger partial charge in [-0.2, -0.15) is 0 Å². The SMILES string of the molecule is CCc1nnsc1C(=O)NCC1CCc2nccn2C1. The lowest BCUT2D eigenvalue weighted by molar-refractivity contribution is 0.0946. The van der Waals surface area contributed by atoms with Gasteiger partial charge in [-0.05, 0) is 30.3 Å². The highest BCUT2D eigenvalue weighted by Crippen LogP contribution is 2.18. The minimum Gasteiger partial charge on any atom is -0.351 e. The Labute approximate surface area is 121 Å². The fourth-order valence-electron chi connectivity index (χ4n) is 2.53. The maximum atomic E-state index is 12.1. The van der Waals surface area contributed by atoms with Crippen LogP contribution in [0.25, 0.3) is 0 Å². The molecule has 1 aliphatic heterocycles. The average Bonchev–Trinajstić information content (AvgIpc) is 3.12. The van der Waals surface area contributed by atoms with E-state index in [2.05, 4.69) is 24.5 Å². The van der Waals surface area contributed by atoms with Crippen LogP contribution >= 0.6 is 11.5 Å². The summed E-state index contributed by atoms with van der Waals surface area (Å²) < 4.78 is 6.02. The summed E-state index contributed by atoms with van der Waals surface area (Å²) in [7, 11) is 0. The topological polar surface area (TPSA) is 72.7 Å². The molecule has 6 nitrogen and oxygen atoms in total. The zero-order valence-corrected chi connectivity index (χ0v) is 12.2. The molecule has 1 unspecified atom stereocenters. The second-order valence-electron chi connectivity index (χ2n) is 5.01. The van der Waals surface area contributed by atoms with E-state index < -0.39 is 0 Å². The van der Waals surface area contributed by atoms with Gasteiger partial charge in [-0.3, -0.25) is 4.79 Å². The van der Waals surface area contributed by atoms with E-state index in [1.54, 1.807) is 0 Å². The first-order valence-electron chi connectivity index (χ1n) is 6.87. The molecule has 2 aromatic rings. The maximum absolute atomic E-state index is 12.1. The number of carbonyl (C=O) groups is 1. The number of imidazole rings is 1. The normalized spacial score (nSPS) is 17.8. The quantitative estimate of drug-likeness (QED) is 0.921. The Morgan fingerprint density at radius 1 is 1.60 bits per heavy atom. The van der Waals surface area contributed by atoms with Crippen molar-refractivity contribution in [1.82, 2.24) is 24.5 Å². The molecule has 20 heavy (non-hydrogen) atoms. The second-order valence-corrected chi connectivity index (χ2v) is 5.77. The Bertz CT molecular complexity index is 605. The van der Waals surface area contributed by atoms with Crippen LogP contribution in [-0.2, 0) is 19.4 Å². The molecule has 0 saturated heterocycles. The van der Waals surface area contributed by atoms with Crippen LogP contribution in [0.2, 0.25) is 0 Å². The molecule has 1 aliphatic rings. The number of aromatic nitrogens is 4. The molecule has 0 aliphatic carbocycles. The summed E-state index contributed by atoms with van der Waals surface area (Å²) in [6.07, 6.45) is 6.63. The molecule has 7 heteroatoms. The molecule has 0 fully saturated rings. The highest BCUT2D eigenvalue weighted by Gasteiger charge is 2.21. The number of fused-ring (bicyclic) bond motifs is 1. The van der Waals surface area contributed by atoms with Gasteiger partial charge in [-0.15, -0.1) is 5.10 Å². The highest BCUT2D eigenvalue weighted by molar-refractivity contribution is 7.08. The molecule has 0 radical (unpaired) electrons. The summed E-state index contributed by atoms with van der Waals surface area (Å²) in [4.78, 5) is 17.1. The van der Waals surface area contributed by atoms with Crippen molar-refractivity contribution >= 4 is 17.4 Å². The maximum Gasteiger partial charge on any atom is 0.264 e. The van der Waals surface area contributed by atoms with Gasteiger partial charge in [0.2, 0.25) is 0 Å². The van der Waals surface area contributed by atoms with E-state index in [1.807, 2.05) is 19.3 Å². The summed E-state index contributed by atoms with van der Waals surface area (Å²) in [5.74, 6) is 1.56. The van der Waals surface area contributed by atoms with Gasteiger partial charge >= 0.3 is 0 Å². The zero-order chi connectivity index (χ0) is 13.9. The van der Waals surface area contributed by atoms with Gasteiger partial charge in [0.15, 0.2) is 0 Å². The smallest absolute Gasteiger partial charge is 0.264 e. The van der Waals surface area contributed by atoms with Gasteiger partial charge in [0.1, 0.15) is 10.7 Å². The predicted molar refractivity (Wildman–Crippen MR) is 75.7 cm³/mol. The van der Waals surface area contributed by atoms with Gasteiger partial charge in [-0.25, -0.2) is 4.98 Å². The van der Waals surface area contributed by atoms with Gasteiger partial charge in [0.25, 0.3) is 5.91 Å². The average molecular weight is 291 g/mol. The third kappa shape index (κ3) is 2.58. The van der Waals surface area contributed by atoms with Crippen LogP contribution in [0.1, 0.15) is 34.5 Å². The molecule has 0 aromatic carbocycles. The lowest BCUT2D eigenvalue weighted by Gasteiger charge is -2.23. The Hall–Kier alpha value is -1.76. The molecule has 1 amide bonds. The van der Waals surface area contributed by atoms with Crippen LogP contribution in [0, 0.1) is 5.92 Å². The summed E-state index contributed by atoms with van der Waals surface area (Å²) >= 11 is 1.17. The van der Waals surface area contributed by atoms with Crippen molar-refractivity contribution in [3.63, 3.8) is 0 Å². The van der Waals surface area contributed by atoms with E-state index in [-0.39, 0.29) is 5.91 Å². The molecule has 1 atom stereocenters. The van der Waals surface area contributed by atoms with Crippen molar-refractivity contribution in [2.75, 3.05) is 6.54 Å². The van der Waals surface area contributed by atoms with Crippen molar-refractivity contribution < 1.29 is 4.79 Å². The molecule has 0 saturated carbocycles. The molecular formula is C13H17N5OS. The minimum atomic E-state index is -0.0479. The fraction of sp³-hybridized carbons (Fsp3) is 0.538. The molecule has 106 valence electrons. The largest absolute Gasteiger partial charge is 0.351 e. The van der Waals surface area contributed by atoms with Crippen molar-refractivity contribution in [1.29, 1.82) is 0 Å². The van der Waals surface area contributed by atoms with Gasteiger partial charge in [0.05, 0.1) is 5.69 Å². The van der Waals surface area contributed by atoms with Crippen LogP contribution in [0.4, 0.5) is 0 Å².